The molecule has 0 aromatic carbocycles. The zero-order chi connectivity index (χ0) is 20.8. The molecule has 0 saturated heterocycles. The van der Waals surface area contributed by atoms with Crippen LogP contribution in [0.4, 0.5) is 4.39 Å². The molecule has 0 N–H and O–H groups in total. The quantitative estimate of drug-likeness (QED) is 0.125. The molecule has 170 valence electrons. The molecule has 28 heavy (non-hydrogen) atoms. The Morgan fingerprint density at radius 3 is 1.43 bits per heavy atom. The maximum absolute atomic E-state index is 12.0. The SMILES string of the molecule is CCCCCCCCCCCCCCCOS(=O)(=O)CCCCCCCCF. The molecule has 0 aliphatic heterocycles. The summed E-state index contributed by atoms with van der Waals surface area (Å²) in [5.41, 5.74) is 0. The zero-order valence-corrected chi connectivity index (χ0v) is 19.4. The number of unbranched alkanes of at least 4 members (excludes halogenated alkanes) is 17. The fourth-order valence-corrected chi connectivity index (χ4v) is 4.49. The van der Waals surface area contributed by atoms with Crippen LogP contribution in [0.1, 0.15) is 129 Å². The summed E-state index contributed by atoms with van der Waals surface area (Å²) in [6.45, 7) is 2.34. The minimum absolute atomic E-state index is 0.120. The molecular formula is C23H47FO3S. The molecule has 0 amide bonds. The van der Waals surface area contributed by atoms with Gasteiger partial charge in [0.2, 0.25) is 0 Å². The Kier molecular flexibility index (Phi) is 21.4. The molecule has 0 saturated carbocycles. The highest BCUT2D eigenvalue weighted by Crippen LogP contribution is 2.13. The highest BCUT2D eigenvalue weighted by Gasteiger charge is 2.10. The van der Waals surface area contributed by atoms with Gasteiger partial charge in [0.05, 0.1) is 19.0 Å². The van der Waals surface area contributed by atoms with Gasteiger partial charge in [0.25, 0.3) is 10.1 Å². The Balaban J connectivity index is 3.29. The summed E-state index contributed by atoms with van der Waals surface area (Å²) < 4.78 is 40.7. The largest absolute Gasteiger partial charge is 0.270 e. The molecule has 0 aliphatic rings. The summed E-state index contributed by atoms with van der Waals surface area (Å²) in [4.78, 5) is 0. The Morgan fingerprint density at radius 1 is 0.571 bits per heavy atom. The fourth-order valence-electron chi connectivity index (χ4n) is 3.45. The van der Waals surface area contributed by atoms with Crippen molar-refractivity contribution in [3.8, 4) is 0 Å². The van der Waals surface area contributed by atoms with E-state index in [1.54, 1.807) is 0 Å². The Labute approximate surface area is 175 Å². The van der Waals surface area contributed by atoms with Crippen LogP contribution in [0.25, 0.3) is 0 Å². The van der Waals surface area contributed by atoms with Gasteiger partial charge < -0.3 is 0 Å². The normalized spacial score (nSPS) is 11.9. The zero-order valence-electron chi connectivity index (χ0n) is 18.6. The van der Waals surface area contributed by atoms with E-state index in [1.807, 2.05) is 0 Å². The van der Waals surface area contributed by atoms with Gasteiger partial charge >= 0.3 is 0 Å². The monoisotopic (exact) mass is 422 g/mol. The first kappa shape index (κ1) is 27.8. The van der Waals surface area contributed by atoms with E-state index in [-0.39, 0.29) is 12.4 Å². The summed E-state index contributed by atoms with van der Waals surface area (Å²) in [5.74, 6) is 0.120. The van der Waals surface area contributed by atoms with E-state index in [9.17, 15) is 12.8 Å². The third kappa shape index (κ3) is 22.1. The predicted molar refractivity (Wildman–Crippen MR) is 119 cm³/mol. The molecule has 0 aromatic rings. The Morgan fingerprint density at radius 2 is 0.964 bits per heavy atom. The van der Waals surface area contributed by atoms with E-state index in [2.05, 4.69) is 6.92 Å². The van der Waals surface area contributed by atoms with Crippen molar-refractivity contribution in [1.82, 2.24) is 0 Å². The van der Waals surface area contributed by atoms with Gasteiger partial charge in [-0.05, 0) is 19.3 Å². The molecule has 0 atom stereocenters. The first-order chi connectivity index (χ1) is 13.6. The second-order valence-corrected chi connectivity index (χ2v) is 9.90. The van der Waals surface area contributed by atoms with Gasteiger partial charge in [0.15, 0.2) is 0 Å². The van der Waals surface area contributed by atoms with E-state index in [0.717, 1.165) is 38.5 Å². The lowest BCUT2D eigenvalue weighted by Crippen LogP contribution is -2.11. The molecule has 0 aromatic heterocycles. The number of hydrogen-bond acceptors (Lipinski definition) is 3. The molecule has 3 nitrogen and oxygen atoms in total. The van der Waals surface area contributed by atoms with Crippen LogP contribution in [0, 0.1) is 0 Å². The van der Waals surface area contributed by atoms with Crippen LogP contribution < -0.4 is 0 Å². The van der Waals surface area contributed by atoms with Crippen LogP contribution in [0.5, 0.6) is 0 Å². The summed E-state index contributed by atoms with van der Waals surface area (Å²) in [6.07, 6.45) is 21.6. The molecular weight excluding hydrogens is 375 g/mol. The van der Waals surface area contributed by atoms with Crippen LogP contribution in [0.2, 0.25) is 0 Å². The summed E-state index contributed by atoms with van der Waals surface area (Å²) in [6, 6.07) is 0. The van der Waals surface area contributed by atoms with Crippen molar-refractivity contribution >= 4 is 10.1 Å². The van der Waals surface area contributed by atoms with Crippen LogP contribution in [-0.4, -0.2) is 27.5 Å². The standard InChI is InChI=1S/C23H47FO3S/c1-2-3-4-5-6-7-8-9-10-11-13-16-19-22-27-28(25,26)23-20-17-14-12-15-18-21-24/h2-23H2,1H3. The number of hydrogen-bond donors (Lipinski definition) is 0. The lowest BCUT2D eigenvalue weighted by molar-refractivity contribution is 0.305. The number of alkyl halides is 1. The van der Waals surface area contributed by atoms with E-state index >= 15 is 0 Å². The smallest absolute Gasteiger partial charge is 0.267 e. The van der Waals surface area contributed by atoms with Crippen LogP contribution in [-0.2, 0) is 14.3 Å². The van der Waals surface area contributed by atoms with Gasteiger partial charge in [-0.3, -0.25) is 8.57 Å². The molecule has 0 fully saturated rings. The van der Waals surface area contributed by atoms with Crippen LogP contribution >= 0.6 is 0 Å². The number of halogens is 1. The number of rotatable bonds is 23. The summed E-state index contributed by atoms with van der Waals surface area (Å²) in [7, 11) is -3.36. The van der Waals surface area contributed by atoms with E-state index in [0.29, 0.717) is 19.4 Å². The average Bonchev–Trinajstić information content (AvgIpc) is 2.67. The maximum atomic E-state index is 12.0. The van der Waals surface area contributed by atoms with Crippen LogP contribution in [0.15, 0.2) is 0 Å². The van der Waals surface area contributed by atoms with Gasteiger partial charge in [0.1, 0.15) is 0 Å². The van der Waals surface area contributed by atoms with E-state index in [4.69, 9.17) is 4.18 Å². The molecule has 0 radical (unpaired) electrons. The molecule has 0 bridgehead atoms. The molecule has 0 heterocycles. The van der Waals surface area contributed by atoms with Gasteiger partial charge in [0, 0.05) is 0 Å². The minimum atomic E-state index is -3.36. The van der Waals surface area contributed by atoms with Crippen molar-refractivity contribution in [3.05, 3.63) is 0 Å². The predicted octanol–water partition coefficient (Wildman–Crippen LogP) is 7.73. The summed E-state index contributed by atoms with van der Waals surface area (Å²) >= 11 is 0. The highest BCUT2D eigenvalue weighted by atomic mass is 32.2. The average molecular weight is 423 g/mol. The molecule has 0 spiro atoms. The molecule has 0 rings (SSSR count). The third-order valence-electron chi connectivity index (χ3n) is 5.29. The Bertz CT molecular complexity index is 399. The van der Waals surface area contributed by atoms with E-state index in [1.165, 1.54) is 70.6 Å². The first-order valence-electron chi connectivity index (χ1n) is 12.1. The van der Waals surface area contributed by atoms with Gasteiger partial charge in [-0.1, -0.05) is 110 Å². The van der Waals surface area contributed by atoms with Crippen molar-refractivity contribution in [2.24, 2.45) is 0 Å². The van der Waals surface area contributed by atoms with Crippen molar-refractivity contribution in [2.75, 3.05) is 19.0 Å². The van der Waals surface area contributed by atoms with Crippen molar-refractivity contribution in [3.63, 3.8) is 0 Å². The van der Waals surface area contributed by atoms with Crippen molar-refractivity contribution in [2.45, 2.75) is 129 Å². The molecule has 5 heteroatoms. The van der Waals surface area contributed by atoms with Crippen molar-refractivity contribution in [1.29, 1.82) is 0 Å². The fraction of sp³-hybridized carbons (Fsp3) is 1.00. The topological polar surface area (TPSA) is 43.4 Å². The lowest BCUT2D eigenvalue weighted by atomic mass is 10.0. The Hall–Kier alpha value is -0.160. The molecule has 0 aliphatic carbocycles. The second kappa shape index (κ2) is 21.5. The van der Waals surface area contributed by atoms with Gasteiger partial charge in [-0.25, -0.2) is 0 Å². The molecule has 0 unspecified atom stereocenters. The minimum Gasteiger partial charge on any atom is -0.270 e. The maximum Gasteiger partial charge on any atom is 0.267 e. The summed E-state index contributed by atoms with van der Waals surface area (Å²) in [5, 5.41) is 0. The van der Waals surface area contributed by atoms with Crippen molar-refractivity contribution < 1.29 is 17.0 Å². The third-order valence-corrected chi connectivity index (χ3v) is 6.60. The lowest BCUT2D eigenvalue weighted by Gasteiger charge is -2.06. The highest BCUT2D eigenvalue weighted by molar-refractivity contribution is 7.86. The van der Waals surface area contributed by atoms with Gasteiger partial charge in [-0.2, -0.15) is 8.42 Å². The second-order valence-electron chi connectivity index (χ2n) is 8.14. The first-order valence-corrected chi connectivity index (χ1v) is 13.6. The van der Waals surface area contributed by atoms with Gasteiger partial charge in [-0.15, -0.1) is 0 Å². The van der Waals surface area contributed by atoms with E-state index < -0.39 is 10.1 Å². The van der Waals surface area contributed by atoms with Crippen LogP contribution in [0.3, 0.4) is 0 Å².